The Morgan fingerprint density at radius 1 is 1.17 bits per heavy atom. The maximum atomic E-state index is 12.9. The quantitative estimate of drug-likeness (QED) is 0.792. The van der Waals surface area contributed by atoms with Crippen molar-refractivity contribution in [2.45, 2.75) is 38.5 Å². The number of amides is 2. The summed E-state index contributed by atoms with van der Waals surface area (Å²) < 4.78 is 0. The number of hydrogen-bond donors (Lipinski definition) is 1. The van der Waals surface area contributed by atoms with Crippen molar-refractivity contribution in [3.8, 4) is 11.4 Å². The molecule has 0 unspecified atom stereocenters. The van der Waals surface area contributed by atoms with Crippen molar-refractivity contribution in [3.63, 3.8) is 0 Å². The number of fused-ring (bicyclic) bond motifs is 1. The second kappa shape index (κ2) is 8.81. The first-order valence-corrected chi connectivity index (χ1v) is 10.8. The van der Waals surface area contributed by atoms with E-state index in [1.165, 1.54) is 5.56 Å². The Balaban J connectivity index is 1.57. The summed E-state index contributed by atoms with van der Waals surface area (Å²) in [5, 5.41) is 0. The predicted octanol–water partition coefficient (Wildman–Crippen LogP) is 2.18. The normalized spacial score (nSPS) is 18.2. The van der Waals surface area contributed by atoms with Crippen LogP contribution in [0.5, 0.6) is 0 Å². The monoisotopic (exact) mass is 407 g/mol. The molecule has 7 nitrogen and oxygen atoms in total. The summed E-state index contributed by atoms with van der Waals surface area (Å²) in [5.74, 6) is 1.36. The molecule has 2 aromatic rings. The van der Waals surface area contributed by atoms with E-state index >= 15 is 0 Å². The molecule has 7 heteroatoms. The van der Waals surface area contributed by atoms with E-state index in [-0.39, 0.29) is 24.2 Å². The lowest BCUT2D eigenvalue weighted by atomic mass is 9.96. The average Bonchev–Trinajstić information content (AvgIpc) is 3.25. The SMILES string of the molecule is CN(CCC(N)=O)C(=O)[C@H]1CCCN(c2nc(-c3ccccc3)nc3c2CCC3)C1. The van der Waals surface area contributed by atoms with Crippen molar-refractivity contribution in [1.29, 1.82) is 0 Å². The molecule has 1 aliphatic heterocycles. The molecule has 158 valence electrons. The Morgan fingerprint density at radius 2 is 1.97 bits per heavy atom. The number of carbonyl (C=O) groups is 2. The molecule has 1 fully saturated rings. The minimum Gasteiger partial charge on any atom is -0.370 e. The Hall–Kier alpha value is -2.96. The Kier molecular flexibility index (Phi) is 5.97. The number of rotatable bonds is 6. The molecule has 4 rings (SSSR count). The minimum absolute atomic E-state index is 0.0786. The maximum Gasteiger partial charge on any atom is 0.227 e. The number of aromatic nitrogens is 2. The molecule has 1 aliphatic carbocycles. The highest BCUT2D eigenvalue weighted by Crippen LogP contribution is 2.33. The van der Waals surface area contributed by atoms with E-state index in [2.05, 4.69) is 4.90 Å². The third-order valence-corrected chi connectivity index (χ3v) is 6.08. The second-order valence-corrected chi connectivity index (χ2v) is 8.28. The zero-order valence-electron chi connectivity index (χ0n) is 17.5. The topological polar surface area (TPSA) is 92.4 Å². The van der Waals surface area contributed by atoms with E-state index in [4.69, 9.17) is 15.7 Å². The van der Waals surface area contributed by atoms with Gasteiger partial charge in [-0.2, -0.15) is 0 Å². The number of piperidine rings is 1. The lowest BCUT2D eigenvalue weighted by Gasteiger charge is -2.35. The van der Waals surface area contributed by atoms with Crippen molar-refractivity contribution in [2.75, 3.05) is 31.6 Å². The van der Waals surface area contributed by atoms with Crippen LogP contribution in [0.4, 0.5) is 5.82 Å². The van der Waals surface area contributed by atoms with Gasteiger partial charge in [-0.25, -0.2) is 9.97 Å². The van der Waals surface area contributed by atoms with Gasteiger partial charge < -0.3 is 15.5 Å². The van der Waals surface area contributed by atoms with Gasteiger partial charge in [0.25, 0.3) is 0 Å². The fourth-order valence-electron chi connectivity index (χ4n) is 4.46. The zero-order chi connectivity index (χ0) is 21.1. The van der Waals surface area contributed by atoms with Crippen molar-refractivity contribution in [2.24, 2.45) is 11.7 Å². The van der Waals surface area contributed by atoms with E-state index in [1.807, 2.05) is 30.3 Å². The number of nitrogens with zero attached hydrogens (tertiary/aromatic N) is 4. The molecule has 1 aromatic carbocycles. The van der Waals surface area contributed by atoms with Crippen LogP contribution >= 0.6 is 0 Å². The zero-order valence-corrected chi connectivity index (χ0v) is 17.5. The average molecular weight is 408 g/mol. The number of nitrogens with two attached hydrogens (primary N) is 1. The lowest BCUT2D eigenvalue weighted by Crippen LogP contribution is -2.45. The first-order chi connectivity index (χ1) is 14.5. The summed E-state index contributed by atoms with van der Waals surface area (Å²) >= 11 is 0. The summed E-state index contributed by atoms with van der Waals surface area (Å²) in [6.07, 6.45) is 5.07. The van der Waals surface area contributed by atoms with Gasteiger partial charge in [0, 0.05) is 49.9 Å². The van der Waals surface area contributed by atoms with Crippen LogP contribution in [-0.4, -0.2) is 53.4 Å². The molecule has 1 saturated heterocycles. The molecule has 2 amide bonds. The molecule has 0 bridgehead atoms. The van der Waals surface area contributed by atoms with E-state index in [0.29, 0.717) is 13.1 Å². The van der Waals surface area contributed by atoms with Crippen LogP contribution in [-0.2, 0) is 22.4 Å². The van der Waals surface area contributed by atoms with Crippen LogP contribution in [0.1, 0.15) is 36.9 Å². The van der Waals surface area contributed by atoms with Gasteiger partial charge in [-0.15, -0.1) is 0 Å². The third kappa shape index (κ3) is 4.30. The van der Waals surface area contributed by atoms with Gasteiger partial charge in [-0.05, 0) is 32.1 Å². The van der Waals surface area contributed by atoms with E-state index < -0.39 is 0 Å². The van der Waals surface area contributed by atoms with E-state index in [1.54, 1.807) is 11.9 Å². The van der Waals surface area contributed by atoms with Gasteiger partial charge in [0.2, 0.25) is 11.8 Å². The molecular formula is C23H29N5O2. The summed E-state index contributed by atoms with van der Waals surface area (Å²) in [4.78, 5) is 37.7. The van der Waals surface area contributed by atoms with Gasteiger partial charge in [-0.1, -0.05) is 30.3 Å². The fourth-order valence-corrected chi connectivity index (χ4v) is 4.46. The number of benzene rings is 1. The number of primary amides is 1. The van der Waals surface area contributed by atoms with Crippen LogP contribution in [0.15, 0.2) is 30.3 Å². The smallest absolute Gasteiger partial charge is 0.227 e. The Labute approximate surface area is 177 Å². The molecule has 0 saturated carbocycles. The Morgan fingerprint density at radius 3 is 2.73 bits per heavy atom. The molecule has 0 radical (unpaired) electrons. The third-order valence-electron chi connectivity index (χ3n) is 6.08. The molecular weight excluding hydrogens is 378 g/mol. The second-order valence-electron chi connectivity index (χ2n) is 8.28. The first kappa shape index (κ1) is 20.3. The summed E-state index contributed by atoms with van der Waals surface area (Å²) in [6, 6.07) is 10.1. The summed E-state index contributed by atoms with van der Waals surface area (Å²) in [5.41, 5.74) is 8.64. The highest BCUT2D eigenvalue weighted by molar-refractivity contribution is 5.81. The minimum atomic E-state index is -0.384. The van der Waals surface area contributed by atoms with Gasteiger partial charge in [0.15, 0.2) is 5.82 Å². The van der Waals surface area contributed by atoms with Crippen LogP contribution in [0, 0.1) is 5.92 Å². The van der Waals surface area contributed by atoms with Gasteiger partial charge >= 0.3 is 0 Å². The summed E-state index contributed by atoms with van der Waals surface area (Å²) in [6.45, 7) is 1.91. The number of aryl methyl sites for hydroxylation is 1. The molecule has 2 N–H and O–H groups in total. The molecule has 30 heavy (non-hydrogen) atoms. The molecule has 2 heterocycles. The maximum absolute atomic E-state index is 12.9. The van der Waals surface area contributed by atoms with Crippen molar-refractivity contribution < 1.29 is 9.59 Å². The van der Waals surface area contributed by atoms with Crippen LogP contribution in [0.2, 0.25) is 0 Å². The molecule has 2 aliphatic rings. The molecule has 1 aromatic heterocycles. The highest BCUT2D eigenvalue weighted by Gasteiger charge is 2.31. The van der Waals surface area contributed by atoms with Gasteiger partial charge in [0.1, 0.15) is 5.82 Å². The summed E-state index contributed by atoms with van der Waals surface area (Å²) in [7, 11) is 1.75. The van der Waals surface area contributed by atoms with Crippen molar-refractivity contribution in [3.05, 3.63) is 41.6 Å². The number of hydrogen-bond acceptors (Lipinski definition) is 5. The van der Waals surface area contributed by atoms with E-state index in [0.717, 1.165) is 61.5 Å². The predicted molar refractivity (Wildman–Crippen MR) is 116 cm³/mol. The highest BCUT2D eigenvalue weighted by atomic mass is 16.2. The van der Waals surface area contributed by atoms with Crippen molar-refractivity contribution in [1.82, 2.24) is 14.9 Å². The molecule has 0 spiro atoms. The number of anilines is 1. The number of carbonyl (C=O) groups excluding carboxylic acids is 2. The Bertz CT molecular complexity index is 931. The largest absolute Gasteiger partial charge is 0.370 e. The van der Waals surface area contributed by atoms with Crippen LogP contribution in [0.3, 0.4) is 0 Å². The van der Waals surface area contributed by atoms with Crippen LogP contribution < -0.4 is 10.6 Å². The van der Waals surface area contributed by atoms with Gasteiger partial charge in [0.05, 0.1) is 5.92 Å². The molecule has 1 atom stereocenters. The standard InChI is InChI=1S/C23H29N5O2/c1-27(14-12-20(24)29)23(30)17-9-6-13-28(15-17)22-18-10-5-11-19(18)25-21(26-22)16-7-3-2-4-8-16/h2-4,7-8,17H,5-6,9-15H2,1H3,(H2,24,29)/t17-/m0/s1. The first-order valence-electron chi connectivity index (χ1n) is 10.8. The lowest BCUT2D eigenvalue weighted by molar-refractivity contribution is -0.134. The van der Waals surface area contributed by atoms with Crippen molar-refractivity contribution >= 4 is 17.6 Å². The fraction of sp³-hybridized carbons (Fsp3) is 0.478. The van der Waals surface area contributed by atoms with E-state index in [9.17, 15) is 9.59 Å². The van der Waals surface area contributed by atoms with Gasteiger partial charge in [-0.3, -0.25) is 9.59 Å². The van der Waals surface area contributed by atoms with Crippen LogP contribution in [0.25, 0.3) is 11.4 Å².